The maximum atomic E-state index is 12.9. The van der Waals surface area contributed by atoms with E-state index in [4.69, 9.17) is 9.47 Å². The molecule has 0 saturated heterocycles. The van der Waals surface area contributed by atoms with E-state index in [0.717, 1.165) is 0 Å². The quantitative estimate of drug-likeness (QED) is 0.784. The second kappa shape index (κ2) is 6.59. The van der Waals surface area contributed by atoms with E-state index in [1.54, 1.807) is 25.3 Å². The van der Waals surface area contributed by atoms with E-state index in [1.165, 1.54) is 6.92 Å². The van der Waals surface area contributed by atoms with Crippen molar-refractivity contribution in [3.05, 3.63) is 35.5 Å². The number of ether oxygens (including phenoxy) is 2. The summed E-state index contributed by atoms with van der Waals surface area (Å²) >= 11 is 0. The first-order chi connectivity index (χ1) is 12.2. The van der Waals surface area contributed by atoms with E-state index in [1.807, 2.05) is 24.3 Å². The van der Waals surface area contributed by atoms with Crippen molar-refractivity contribution in [3.8, 4) is 0 Å². The van der Waals surface area contributed by atoms with Gasteiger partial charge in [-0.2, -0.15) is 0 Å². The van der Waals surface area contributed by atoms with Gasteiger partial charge in [-0.1, -0.05) is 18.2 Å². The van der Waals surface area contributed by atoms with Gasteiger partial charge in [0.25, 0.3) is 0 Å². The fraction of sp³-hybridized carbons (Fsp3) is 0.450. The van der Waals surface area contributed by atoms with Crippen molar-refractivity contribution < 1.29 is 23.9 Å². The first-order valence-electron chi connectivity index (χ1n) is 8.72. The fourth-order valence-electron chi connectivity index (χ4n) is 3.39. The molecule has 0 aliphatic carbocycles. The van der Waals surface area contributed by atoms with E-state index < -0.39 is 11.6 Å². The fourth-order valence-corrected chi connectivity index (χ4v) is 3.39. The highest BCUT2D eigenvalue weighted by Gasteiger charge is 2.36. The van der Waals surface area contributed by atoms with Gasteiger partial charge in [0.1, 0.15) is 5.60 Å². The summed E-state index contributed by atoms with van der Waals surface area (Å²) in [5.41, 5.74) is 0.997. The number of hydrogen-bond acceptors (Lipinski definition) is 5. The van der Waals surface area contributed by atoms with Crippen LogP contribution in [-0.2, 0) is 14.3 Å². The highest BCUT2D eigenvalue weighted by atomic mass is 16.6. The number of benzene rings is 1. The molecule has 3 rings (SSSR count). The molecular weight excluding hydrogens is 334 g/mol. The molecule has 1 aliphatic heterocycles. The summed E-state index contributed by atoms with van der Waals surface area (Å²) in [6, 6.07) is 7.29. The van der Waals surface area contributed by atoms with E-state index in [2.05, 4.69) is 0 Å². The van der Waals surface area contributed by atoms with Crippen LogP contribution in [0.3, 0.4) is 0 Å². The average Bonchev–Trinajstić information content (AvgIpc) is 2.88. The van der Waals surface area contributed by atoms with E-state index >= 15 is 0 Å². The first-order valence-corrected chi connectivity index (χ1v) is 8.72. The van der Waals surface area contributed by atoms with Gasteiger partial charge >= 0.3 is 11.9 Å². The molecule has 1 aliphatic rings. The van der Waals surface area contributed by atoms with Gasteiger partial charge in [0.15, 0.2) is 0 Å². The summed E-state index contributed by atoms with van der Waals surface area (Å²) < 4.78 is 12.4. The SMILES string of the molecule is CC(=O)OCC1CCC(=O)n2c1c(C(=O)OC(C)(C)C)c1ccccc12. The van der Waals surface area contributed by atoms with E-state index in [-0.39, 0.29) is 24.4 Å². The van der Waals surface area contributed by atoms with Crippen molar-refractivity contribution >= 4 is 28.7 Å². The molecule has 6 nitrogen and oxygen atoms in total. The summed E-state index contributed by atoms with van der Waals surface area (Å²) in [5, 5.41) is 0.680. The van der Waals surface area contributed by atoms with Gasteiger partial charge in [-0.3, -0.25) is 14.2 Å². The summed E-state index contributed by atoms with van der Waals surface area (Å²) in [6.45, 7) is 6.89. The summed E-state index contributed by atoms with van der Waals surface area (Å²) in [4.78, 5) is 36.8. The minimum atomic E-state index is -0.656. The number of rotatable bonds is 3. The molecule has 1 aromatic carbocycles. The molecule has 0 saturated carbocycles. The third-order valence-corrected chi connectivity index (χ3v) is 4.34. The number of fused-ring (bicyclic) bond motifs is 3. The van der Waals surface area contributed by atoms with Crippen LogP contribution in [0.5, 0.6) is 0 Å². The Labute approximate surface area is 152 Å². The molecule has 6 heteroatoms. The molecule has 1 atom stereocenters. The Balaban J connectivity index is 2.19. The number of aromatic nitrogens is 1. The lowest BCUT2D eigenvalue weighted by atomic mass is 9.93. The Morgan fingerprint density at radius 1 is 1.23 bits per heavy atom. The molecule has 138 valence electrons. The Hall–Kier alpha value is -2.63. The van der Waals surface area contributed by atoms with E-state index in [0.29, 0.717) is 35.0 Å². The predicted octanol–water partition coefficient (Wildman–Crippen LogP) is 3.68. The Bertz CT molecular complexity index is 887. The zero-order chi connectivity index (χ0) is 19.1. The van der Waals surface area contributed by atoms with E-state index in [9.17, 15) is 14.4 Å². The number of nitrogens with zero attached hydrogens (tertiary/aromatic N) is 1. The number of carbonyl (C=O) groups is 3. The van der Waals surface area contributed by atoms with Crippen molar-refractivity contribution in [1.82, 2.24) is 4.57 Å². The lowest BCUT2D eigenvalue weighted by Crippen LogP contribution is -2.29. The molecule has 2 aromatic rings. The average molecular weight is 357 g/mol. The molecule has 2 heterocycles. The second-order valence-electron chi connectivity index (χ2n) is 7.55. The van der Waals surface area contributed by atoms with Gasteiger partial charge in [-0.25, -0.2) is 4.79 Å². The monoisotopic (exact) mass is 357 g/mol. The standard InChI is InChI=1S/C20H23NO5/c1-12(22)25-11-13-9-10-16(23)21-15-8-6-5-7-14(15)17(18(13)21)19(24)26-20(2,3)4/h5-8,13H,9-11H2,1-4H3. The molecule has 0 fully saturated rings. The summed E-state index contributed by atoms with van der Waals surface area (Å²) in [5.74, 6) is -1.15. The van der Waals surface area contributed by atoms with Crippen LogP contribution in [0.2, 0.25) is 0 Å². The predicted molar refractivity (Wildman–Crippen MR) is 96.3 cm³/mol. The third-order valence-electron chi connectivity index (χ3n) is 4.34. The molecule has 1 unspecified atom stereocenters. The molecule has 0 radical (unpaired) electrons. The highest BCUT2D eigenvalue weighted by Crippen LogP contribution is 2.38. The van der Waals surface area contributed by atoms with Crippen LogP contribution in [0.4, 0.5) is 0 Å². The number of hydrogen-bond donors (Lipinski definition) is 0. The maximum Gasteiger partial charge on any atom is 0.341 e. The molecule has 26 heavy (non-hydrogen) atoms. The van der Waals surface area contributed by atoms with Crippen LogP contribution >= 0.6 is 0 Å². The largest absolute Gasteiger partial charge is 0.465 e. The minimum Gasteiger partial charge on any atom is -0.465 e. The van der Waals surface area contributed by atoms with Gasteiger partial charge in [-0.05, 0) is 33.3 Å². The van der Waals surface area contributed by atoms with Crippen LogP contribution in [0, 0.1) is 0 Å². The van der Waals surface area contributed by atoms with Crippen molar-refractivity contribution in [1.29, 1.82) is 0 Å². The molecule has 0 amide bonds. The van der Waals surface area contributed by atoms with Crippen LogP contribution in [0.15, 0.2) is 24.3 Å². The van der Waals surface area contributed by atoms with Crippen LogP contribution in [0.1, 0.15) is 67.3 Å². The van der Waals surface area contributed by atoms with Crippen LogP contribution < -0.4 is 0 Å². The smallest absolute Gasteiger partial charge is 0.341 e. The molecule has 1 aromatic heterocycles. The van der Waals surface area contributed by atoms with Gasteiger partial charge in [0, 0.05) is 30.3 Å². The van der Waals surface area contributed by atoms with Crippen LogP contribution in [0.25, 0.3) is 10.9 Å². The summed E-state index contributed by atoms with van der Waals surface area (Å²) in [6.07, 6.45) is 0.865. The minimum absolute atomic E-state index is 0.0647. The molecule has 0 N–H and O–H groups in total. The lowest BCUT2D eigenvalue weighted by molar-refractivity contribution is -0.141. The zero-order valence-electron chi connectivity index (χ0n) is 15.5. The second-order valence-corrected chi connectivity index (χ2v) is 7.55. The van der Waals surface area contributed by atoms with Gasteiger partial charge in [-0.15, -0.1) is 0 Å². The van der Waals surface area contributed by atoms with Crippen molar-refractivity contribution in [3.63, 3.8) is 0 Å². The molecular formula is C20H23NO5. The number of carbonyl (C=O) groups excluding carboxylic acids is 3. The normalized spacial score (nSPS) is 17.1. The number of para-hydroxylation sites is 1. The molecule has 0 bridgehead atoms. The zero-order valence-corrected chi connectivity index (χ0v) is 15.5. The van der Waals surface area contributed by atoms with Crippen molar-refractivity contribution in [2.75, 3.05) is 6.61 Å². The Morgan fingerprint density at radius 2 is 1.92 bits per heavy atom. The topological polar surface area (TPSA) is 74.6 Å². The van der Waals surface area contributed by atoms with Gasteiger partial charge < -0.3 is 9.47 Å². The highest BCUT2D eigenvalue weighted by molar-refractivity contribution is 6.09. The summed E-state index contributed by atoms with van der Waals surface area (Å²) in [7, 11) is 0. The van der Waals surface area contributed by atoms with Gasteiger partial charge in [0.2, 0.25) is 5.91 Å². The number of esters is 2. The van der Waals surface area contributed by atoms with Crippen molar-refractivity contribution in [2.24, 2.45) is 0 Å². The maximum absolute atomic E-state index is 12.9. The lowest BCUT2D eigenvalue weighted by Gasteiger charge is -2.26. The van der Waals surface area contributed by atoms with Crippen molar-refractivity contribution in [2.45, 2.75) is 52.1 Å². The Kier molecular flexibility index (Phi) is 4.61. The first kappa shape index (κ1) is 18.2. The third kappa shape index (κ3) is 3.36. The van der Waals surface area contributed by atoms with Gasteiger partial charge in [0.05, 0.1) is 17.7 Å². The molecule has 0 spiro atoms. The van der Waals surface area contributed by atoms with Crippen LogP contribution in [-0.4, -0.2) is 34.6 Å². The Morgan fingerprint density at radius 3 is 2.58 bits per heavy atom.